The lowest BCUT2D eigenvalue weighted by Crippen LogP contribution is -2.15. The van der Waals surface area contributed by atoms with E-state index in [2.05, 4.69) is 10.6 Å². The first-order valence-corrected chi connectivity index (χ1v) is 8.45. The highest BCUT2D eigenvalue weighted by atomic mass is 35.5. The van der Waals surface area contributed by atoms with Gasteiger partial charge in [-0.3, -0.25) is 9.59 Å². The van der Waals surface area contributed by atoms with E-state index >= 15 is 0 Å². The molecule has 0 aliphatic heterocycles. The Labute approximate surface area is 156 Å². The van der Waals surface area contributed by atoms with E-state index in [1.165, 1.54) is 6.92 Å². The van der Waals surface area contributed by atoms with Gasteiger partial charge in [-0.1, -0.05) is 35.3 Å². The van der Waals surface area contributed by atoms with Crippen LogP contribution < -0.4 is 15.4 Å². The predicted molar refractivity (Wildman–Crippen MR) is 101 cm³/mol. The molecule has 2 rings (SSSR count). The number of ether oxygens (including phenoxy) is 1. The molecule has 7 heteroatoms. The molecular formula is C18H18Cl2N2O3. The number of carbonyl (C=O) groups excluding carboxylic acids is 2. The summed E-state index contributed by atoms with van der Waals surface area (Å²) >= 11 is 11.8. The molecule has 132 valence electrons. The first-order chi connectivity index (χ1) is 12.0. The molecule has 0 aliphatic carbocycles. The number of amides is 2. The molecule has 0 atom stereocenters. The van der Waals surface area contributed by atoms with Crippen LogP contribution in [0.4, 0.5) is 11.4 Å². The summed E-state index contributed by atoms with van der Waals surface area (Å²) in [5.74, 6) is 0.168. The molecule has 0 aromatic heterocycles. The van der Waals surface area contributed by atoms with E-state index in [4.69, 9.17) is 27.9 Å². The van der Waals surface area contributed by atoms with Gasteiger partial charge >= 0.3 is 0 Å². The Morgan fingerprint density at radius 3 is 2.36 bits per heavy atom. The minimum atomic E-state index is -0.199. The van der Waals surface area contributed by atoms with Crippen molar-refractivity contribution >= 4 is 46.4 Å². The fraction of sp³-hybridized carbons (Fsp3) is 0.222. The summed E-state index contributed by atoms with van der Waals surface area (Å²) in [4.78, 5) is 23.2. The van der Waals surface area contributed by atoms with Gasteiger partial charge in [0.15, 0.2) is 0 Å². The number of benzene rings is 2. The van der Waals surface area contributed by atoms with Crippen molar-refractivity contribution in [1.29, 1.82) is 0 Å². The maximum Gasteiger partial charge on any atom is 0.224 e. The van der Waals surface area contributed by atoms with Crippen LogP contribution in [0.5, 0.6) is 5.75 Å². The van der Waals surface area contributed by atoms with Gasteiger partial charge in [-0.2, -0.15) is 0 Å². The largest absolute Gasteiger partial charge is 0.492 e. The maximum absolute atomic E-state index is 12.1. The van der Waals surface area contributed by atoms with E-state index in [-0.39, 0.29) is 18.2 Å². The van der Waals surface area contributed by atoms with Gasteiger partial charge in [0.25, 0.3) is 0 Å². The highest BCUT2D eigenvalue weighted by molar-refractivity contribution is 6.35. The second-order valence-corrected chi connectivity index (χ2v) is 6.15. The lowest BCUT2D eigenvalue weighted by Gasteiger charge is -2.11. The van der Waals surface area contributed by atoms with Crippen LogP contribution in [0.1, 0.15) is 19.8 Å². The minimum Gasteiger partial charge on any atom is -0.492 e. The van der Waals surface area contributed by atoms with Crippen molar-refractivity contribution in [3.63, 3.8) is 0 Å². The van der Waals surface area contributed by atoms with Crippen LogP contribution in [0.2, 0.25) is 10.0 Å². The van der Waals surface area contributed by atoms with E-state index in [1.54, 1.807) is 42.5 Å². The van der Waals surface area contributed by atoms with Gasteiger partial charge < -0.3 is 15.4 Å². The van der Waals surface area contributed by atoms with Gasteiger partial charge in [0.2, 0.25) is 11.8 Å². The molecule has 0 heterocycles. The predicted octanol–water partition coefficient (Wildman–Crippen LogP) is 4.75. The zero-order valence-electron chi connectivity index (χ0n) is 13.6. The Hall–Kier alpha value is -2.24. The van der Waals surface area contributed by atoms with Crippen LogP contribution in [0.25, 0.3) is 0 Å². The molecule has 0 unspecified atom stereocenters. The topological polar surface area (TPSA) is 67.4 Å². The second-order valence-electron chi connectivity index (χ2n) is 5.30. The Kier molecular flexibility index (Phi) is 7.10. The number of para-hydroxylation sites is 2. The summed E-state index contributed by atoms with van der Waals surface area (Å²) in [7, 11) is 0. The Bertz CT molecular complexity index is 766. The summed E-state index contributed by atoms with van der Waals surface area (Å²) in [6.07, 6.45) is 0.798. The molecule has 2 N–H and O–H groups in total. The Morgan fingerprint density at radius 2 is 1.72 bits per heavy atom. The molecule has 0 spiro atoms. The third kappa shape index (κ3) is 6.29. The van der Waals surface area contributed by atoms with Crippen LogP contribution >= 0.6 is 23.2 Å². The van der Waals surface area contributed by atoms with Crippen molar-refractivity contribution in [2.45, 2.75) is 19.8 Å². The highest BCUT2D eigenvalue weighted by Crippen LogP contribution is 2.27. The number of anilines is 2. The van der Waals surface area contributed by atoms with Crippen LogP contribution in [-0.4, -0.2) is 18.4 Å². The van der Waals surface area contributed by atoms with E-state index in [0.29, 0.717) is 40.2 Å². The fourth-order valence-electron chi connectivity index (χ4n) is 2.11. The molecule has 0 fully saturated rings. The van der Waals surface area contributed by atoms with Crippen LogP contribution in [0.15, 0.2) is 42.5 Å². The smallest absolute Gasteiger partial charge is 0.224 e. The standard InChI is InChI=1S/C18H18Cl2N2O3/c1-12(23)21-15-5-2-3-6-16(15)22-18(24)7-4-10-25-17-9-8-13(19)11-14(17)20/h2-3,5-6,8-9,11H,4,7,10H2,1H3,(H,21,23)(H,22,24). The van der Waals surface area contributed by atoms with E-state index in [1.807, 2.05) is 0 Å². The molecular weight excluding hydrogens is 363 g/mol. The number of halogens is 2. The van der Waals surface area contributed by atoms with Crippen molar-refractivity contribution in [3.8, 4) is 5.75 Å². The quantitative estimate of drug-likeness (QED) is 0.681. The molecule has 0 bridgehead atoms. The monoisotopic (exact) mass is 380 g/mol. The molecule has 2 aromatic rings. The van der Waals surface area contributed by atoms with E-state index in [9.17, 15) is 9.59 Å². The summed E-state index contributed by atoms with van der Waals surface area (Å²) < 4.78 is 5.54. The third-order valence-electron chi connectivity index (χ3n) is 3.21. The Balaban J connectivity index is 1.80. The maximum atomic E-state index is 12.1. The van der Waals surface area contributed by atoms with Gasteiger partial charge in [0.05, 0.1) is 23.0 Å². The highest BCUT2D eigenvalue weighted by Gasteiger charge is 2.08. The van der Waals surface area contributed by atoms with Crippen LogP contribution in [-0.2, 0) is 9.59 Å². The van der Waals surface area contributed by atoms with E-state index in [0.717, 1.165) is 0 Å². The normalized spacial score (nSPS) is 10.2. The molecule has 0 saturated heterocycles. The zero-order valence-corrected chi connectivity index (χ0v) is 15.2. The zero-order chi connectivity index (χ0) is 18.2. The average molecular weight is 381 g/mol. The van der Waals surface area contributed by atoms with Gasteiger partial charge in [0, 0.05) is 18.4 Å². The number of nitrogens with one attached hydrogen (secondary N) is 2. The molecule has 0 saturated carbocycles. The minimum absolute atomic E-state index is 0.163. The molecule has 25 heavy (non-hydrogen) atoms. The third-order valence-corrected chi connectivity index (χ3v) is 3.74. The van der Waals surface area contributed by atoms with Crippen molar-refractivity contribution in [2.75, 3.05) is 17.2 Å². The van der Waals surface area contributed by atoms with Gasteiger partial charge in [-0.15, -0.1) is 0 Å². The first-order valence-electron chi connectivity index (χ1n) is 7.70. The summed E-state index contributed by atoms with van der Waals surface area (Å²) in [5.41, 5.74) is 1.12. The Morgan fingerprint density at radius 1 is 1.04 bits per heavy atom. The molecule has 2 aromatic carbocycles. The summed E-state index contributed by atoms with van der Waals surface area (Å²) in [6.45, 7) is 1.76. The van der Waals surface area contributed by atoms with Crippen molar-refractivity contribution in [1.82, 2.24) is 0 Å². The second kappa shape index (κ2) is 9.30. The number of rotatable bonds is 7. The SMILES string of the molecule is CC(=O)Nc1ccccc1NC(=O)CCCOc1ccc(Cl)cc1Cl. The average Bonchev–Trinajstić information content (AvgIpc) is 2.54. The first kappa shape index (κ1) is 19.1. The number of hydrogen-bond acceptors (Lipinski definition) is 3. The molecule has 0 aliphatic rings. The van der Waals surface area contributed by atoms with Crippen molar-refractivity contribution in [2.24, 2.45) is 0 Å². The fourth-order valence-corrected chi connectivity index (χ4v) is 2.57. The molecule has 5 nitrogen and oxygen atoms in total. The van der Waals surface area contributed by atoms with Crippen LogP contribution in [0, 0.1) is 0 Å². The van der Waals surface area contributed by atoms with Gasteiger partial charge in [-0.25, -0.2) is 0 Å². The summed E-state index contributed by atoms with van der Waals surface area (Å²) in [6, 6.07) is 12.0. The molecule has 2 amide bonds. The van der Waals surface area contributed by atoms with Gasteiger partial charge in [0.1, 0.15) is 5.75 Å². The van der Waals surface area contributed by atoms with Crippen molar-refractivity contribution < 1.29 is 14.3 Å². The lowest BCUT2D eigenvalue weighted by molar-refractivity contribution is -0.116. The lowest BCUT2D eigenvalue weighted by atomic mass is 10.2. The molecule has 0 radical (unpaired) electrons. The summed E-state index contributed by atoms with van der Waals surface area (Å²) in [5, 5.41) is 6.42. The number of hydrogen-bond donors (Lipinski definition) is 2. The van der Waals surface area contributed by atoms with Crippen LogP contribution in [0.3, 0.4) is 0 Å². The number of carbonyl (C=O) groups is 2. The van der Waals surface area contributed by atoms with Gasteiger partial charge in [-0.05, 0) is 36.8 Å². The van der Waals surface area contributed by atoms with Crippen molar-refractivity contribution in [3.05, 3.63) is 52.5 Å². The van der Waals surface area contributed by atoms with E-state index < -0.39 is 0 Å².